The number of nitrogens with one attached hydrogen (secondary N) is 1. The van der Waals surface area contributed by atoms with Crippen LogP contribution in [-0.4, -0.2) is 48.8 Å². The first kappa shape index (κ1) is 16.1. The molecule has 0 aromatic heterocycles. The van der Waals surface area contributed by atoms with Gasteiger partial charge < -0.3 is 19.9 Å². The summed E-state index contributed by atoms with van der Waals surface area (Å²) in [6.45, 7) is 7.13. The third kappa shape index (κ3) is 6.00. The Balaban J connectivity index is 4.46. The molecule has 1 unspecified atom stereocenters. The summed E-state index contributed by atoms with van der Waals surface area (Å²) in [5.41, 5.74) is 0.0653. The van der Waals surface area contributed by atoms with Crippen LogP contribution in [0.15, 0.2) is 12.2 Å². The van der Waals surface area contributed by atoms with Crippen LogP contribution in [-0.2, 0) is 19.1 Å². The van der Waals surface area contributed by atoms with Crippen LogP contribution in [0.4, 0.5) is 4.79 Å². The molecule has 0 saturated heterocycles. The molecule has 0 saturated carbocycles. The van der Waals surface area contributed by atoms with E-state index < -0.39 is 23.9 Å². The maximum atomic E-state index is 11.6. The van der Waals surface area contributed by atoms with Crippen molar-refractivity contribution in [2.75, 3.05) is 19.8 Å². The molecule has 0 aliphatic carbocycles. The molecule has 7 nitrogen and oxygen atoms in total. The number of Topliss-reactive ketones (excluding diaryl/α,β-unsaturated/α-hetero) is 1. The van der Waals surface area contributed by atoms with Crippen LogP contribution in [0.1, 0.15) is 13.8 Å². The Hall–Kier alpha value is -1.89. The molecular formula is C11H17NO6. The molecule has 0 radical (unpaired) electrons. The minimum absolute atomic E-state index is 0.0477. The van der Waals surface area contributed by atoms with E-state index in [0.29, 0.717) is 6.61 Å². The van der Waals surface area contributed by atoms with Crippen LogP contribution in [0.3, 0.4) is 0 Å². The van der Waals surface area contributed by atoms with E-state index in [1.54, 1.807) is 12.2 Å². The van der Waals surface area contributed by atoms with E-state index in [1.165, 1.54) is 6.92 Å². The number of rotatable bonds is 8. The van der Waals surface area contributed by atoms with Crippen LogP contribution in [0.5, 0.6) is 0 Å². The van der Waals surface area contributed by atoms with E-state index in [2.05, 4.69) is 6.58 Å². The summed E-state index contributed by atoms with van der Waals surface area (Å²) < 4.78 is 9.66. The van der Waals surface area contributed by atoms with Crippen LogP contribution < -0.4 is 5.32 Å². The van der Waals surface area contributed by atoms with E-state index in [0.717, 1.165) is 0 Å². The van der Waals surface area contributed by atoms with E-state index in [9.17, 15) is 14.4 Å². The fourth-order valence-electron chi connectivity index (χ4n) is 1.03. The summed E-state index contributed by atoms with van der Waals surface area (Å²) in [6, 6.07) is -1.58. The first-order valence-electron chi connectivity index (χ1n) is 5.33. The van der Waals surface area contributed by atoms with Gasteiger partial charge in [-0.15, -0.1) is 0 Å². The van der Waals surface area contributed by atoms with Gasteiger partial charge in [-0.3, -0.25) is 4.79 Å². The van der Waals surface area contributed by atoms with Crippen LogP contribution in [0, 0.1) is 0 Å². The van der Waals surface area contributed by atoms with E-state index >= 15 is 0 Å². The molecule has 0 spiro atoms. The fraction of sp³-hybridized carbons (Fsp3) is 0.545. The predicted molar refractivity (Wildman–Crippen MR) is 62.2 cm³/mol. The SMILES string of the molecule is C=C(C)C(=O)C(NC(=O)O)C(=O)OCCOCC. The molecule has 0 rings (SSSR count). The Bertz CT molecular complexity index is 338. The molecule has 0 fully saturated rings. The van der Waals surface area contributed by atoms with E-state index in [1.807, 2.05) is 0 Å². The zero-order chi connectivity index (χ0) is 14.1. The van der Waals surface area contributed by atoms with Crippen LogP contribution in [0.2, 0.25) is 0 Å². The molecule has 7 heteroatoms. The number of carbonyl (C=O) groups excluding carboxylic acids is 2. The molecule has 1 atom stereocenters. The van der Waals surface area contributed by atoms with Gasteiger partial charge in [-0.2, -0.15) is 0 Å². The molecule has 0 aliphatic rings. The maximum absolute atomic E-state index is 11.6. The Morgan fingerprint density at radius 1 is 1.33 bits per heavy atom. The van der Waals surface area contributed by atoms with Crippen molar-refractivity contribution in [2.45, 2.75) is 19.9 Å². The Morgan fingerprint density at radius 3 is 2.39 bits per heavy atom. The highest BCUT2D eigenvalue weighted by atomic mass is 16.6. The van der Waals surface area contributed by atoms with Crippen molar-refractivity contribution in [3.05, 3.63) is 12.2 Å². The highest BCUT2D eigenvalue weighted by molar-refractivity contribution is 6.12. The molecule has 0 aromatic carbocycles. The minimum atomic E-state index is -1.58. The number of carboxylic acid groups (broad SMARTS) is 1. The number of esters is 1. The van der Waals surface area contributed by atoms with Gasteiger partial charge in [-0.05, 0) is 19.4 Å². The Morgan fingerprint density at radius 2 is 1.94 bits per heavy atom. The third-order valence-corrected chi connectivity index (χ3v) is 1.86. The maximum Gasteiger partial charge on any atom is 0.405 e. The average molecular weight is 259 g/mol. The summed E-state index contributed by atoms with van der Waals surface area (Å²) >= 11 is 0. The van der Waals surface area contributed by atoms with Gasteiger partial charge in [-0.1, -0.05) is 6.58 Å². The second kappa shape index (κ2) is 8.24. The molecule has 1 amide bonds. The molecule has 0 aromatic rings. The summed E-state index contributed by atoms with van der Waals surface area (Å²) in [6.07, 6.45) is -1.49. The zero-order valence-electron chi connectivity index (χ0n) is 10.4. The smallest absolute Gasteiger partial charge is 0.405 e. The molecule has 0 aliphatic heterocycles. The molecule has 18 heavy (non-hydrogen) atoms. The van der Waals surface area contributed by atoms with Crippen molar-refractivity contribution >= 4 is 17.8 Å². The Kier molecular flexibility index (Phi) is 7.37. The predicted octanol–water partition coefficient (Wildman–Crippen LogP) is 0.347. The lowest BCUT2D eigenvalue weighted by Gasteiger charge is -2.14. The normalized spacial score (nSPS) is 11.4. The largest absolute Gasteiger partial charge is 0.465 e. The lowest BCUT2D eigenvalue weighted by Crippen LogP contribution is -2.47. The van der Waals surface area contributed by atoms with Crippen LogP contribution >= 0.6 is 0 Å². The van der Waals surface area contributed by atoms with E-state index in [-0.39, 0.29) is 18.8 Å². The number of hydrogen-bond acceptors (Lipinski definition) is 5. The summed E-state index contributed by atoms with van der Waals surface area (Å²) in [5.74, 6) is -1.69. The fourth-order valence-corrected chi connectivity index (χ4v) is 1.03. The van der Waals surface area contributed by atoms with Crippen molar-refractivity contribution in [1.29, 1.82) is 0 Å². The highest BCUT2D eigenvalue weighted by Gasteiger charge is 2.29. The lowest BCUT2D eigenvalue weighted by atomic mass is 10.1. The number of ketones is 1. The van der Waals surface area contributed by atoms with Crippen molar-refractivity contribution in [1.82, 2.24) is 5.32 Å². The second-order valence-electron chi connectivity index (χ2n) is 3.39. The van der Waals surface area contributed by atoms with Gasteiger partial charge in [0.1, 0.15) is 6.61 Å². The quantitative estimate of drug-likeness (QED) is 0.282. The van der Waals surface area contributed by atoms with Crippen molar-refractivity contribution in [2.24, 2.45) is 0 Å². The second-order valence-corrected chi connectivity index (χ2v) is 3.39. The van der Waals surface area contributed by atoms with Gasteiger partial charge in [0.2, 0.25) is 0 Å². The number of amides is 1. The molecule has 2 N–H and O–H groups in total. The minimum Gasteiger partial charge on any atom is -0.465 e. The van der Waals surface area contributed by atoms with Gasteiger partial charge in [0.05, 0.1) is 6.61 Å². The van der Waals surface area contributed by atoms with Gasteiger partial charge in [0, 0.05) is 6.61 Å². The zero-order valence-corrected chi connectivity index (χ0v) is 10.4. The first-order valence-corrected chi connectivity index (χ1v) is 5.33. The molecule has 0 bridgehead atoms. The van der Waals surface area contributed by atoms with Crippen molar-refractivity contribution in [3.8, 4) is 0 Å². The van der Waals surface area contributed by atoms with Gasteiger partial charge >= 0.3 is 12.1 Å². The number of carbonyl (C=O) groups is 3. The van der Waals surface area contributed by atoms with Gasteiger partial charge in [0.25, 0.3) is 0 Å². The molecular weight excluding hydrogens is 242 g/mol. The van der Waals surface area contributed by atoms with Crippen molar-refractivity contribution < 1.29 is 29.0 Å². The number of ether oxygens (including phenoxy) is 2. The highest BCUT2D eigenvalue weighted by Crippen LogP contribution is 2.00. The van der Waals surface area contributed by atoms with E-state index in [4.69, 9.17) is 14.6 Å². The van der Waals surface area contributed by atoms with Crippen LogP contribution in [0.25, 0.3) is 0 Å². The standard InChI is InChI=1S/C11H17NO6/c1-4-17-5-6-18-10(14)8(12-11(15)16)9(13)7(2)3/h8,12H,2,4-6H2,1,3H3,(H,15,16). The van der Waals surface area contributed by atoms with Crippen molar-refractivity contribution in [3.63, 3.8) is 0 Å². The summed E-state index contributed by atoms with van der Waals surface area (Å²) in [4.78, 5) is 33.6. The monoisotopic (exact) mass is 259 g/mol. The van der Waals surface area contributed by atoms with Gasteiger partial charge in [0.15, 0.2) is 11.8 Å². The third-order valence-electron chi connectivity index (χ3n) is 1.86. The molecule has 0 heterocycles. The topological polar surface area (TPSA) is 102 Å². The number of hydrogen-bond donors (Lipinski definition) is 2. The summed E-state index contributed by atoms with van der Waals surface area (Å²) in [7, 11) is 0. The lowest BCUT2D eigenvalue weighted by molar-refractivity contribution is -0.149. The molecule has 102 valence electrons. The first-order chi connectivity index (χ1) is 8.40. The average Bonchev–Trinajstić information content (AvgIpc) is 2.30. The van der Waals surface area contributed by atoms with Gasteiger partial charge in [-0.25, -0.2) is 9.59 Å². The summed E-state index contributed by atoms with van der Waals surface area (Å²) in [5, 5.41) is 10.3. The Labute approximate surface area is 105 Å².